The van der Waals surface area contributed by atoms with Crippen LogP contribution in [0, 0.1) is 5.92 Å². The van der Waals surface area contributed by atoms with Crippen LogP contribution in [0.5, 0.6) is 0 Å². The fraction of sp³-hybridized carbons (Fsp3) is 0.600. The highest BCUT2D eigenvalue weighted by molar-refractivity contribution is 7.92. The van der Waals surface area contributed by atoms with Crippen molar-refractivity contribution >= 4 is 9.84 Å². The number of aliphatic hydroxyl groups is 1. The zero-order valence-electron chi connectivity index (χ0n) is 11.3. The monoisotopic (exact) mass is 282 g/mol. The SMILES string of the molecule is CCCC1CCC(O)C(S(=O)(=O)c2ccccc2)C1. The molecule has 1 aromatic carbocycles. The molecule has 19 heavy (non-hydrogen) atoms. The Bertz CT molecular complexity index is 495. The van der Waals surface area contributed by atoms with Crippen LogP contribution in [0.15, 0.2) is 35.2 Å². The first-order valence-electron chi connectivity index (χ1n) is 7.02. The minimum Gasteiger partial charge on any atom is -0.392 e. The third-order valence-corrected chi connectivity index (χ3v) is 6.27. The van der Waals surface area contributed by atoms with E-state index in [-0.39, 0.29) is 0 Å². The molecule has 1 saturated carbocycles. The lowest BCUT2D eigenvalue weighted by Crippen LogP contribution is -2.39. The predicted molar refractivity (Wildman–Crippen MR) is 75.7 cm³/mol. The molecule has 3 unspecified atom stereocenters. The van der Waals surface area contributed by atoms with Crippen LogP contribution in [-0.4, -0.2) is 24.9 Å². The first-order valence-corrected chi connectivity index (χ1v) is 8.57. The average molecular weight is 282 g/mol. The van der Waals surface area contributed by atoms with Crippen LogP contribution >= 0.6 is 0 Å². The maximum Gasteiger partial charge on any atom is 0.183 e. The van der Waals surface area contributed by atoms with Gasteiger partial charge in [-0.1, -0.05) is 38.0 Å². The molecule has 4 heteroatoms. The maximum absolute atomic E-state index is 12.6. The third-order valence-electron chi connectivity index (χ3n) is 4.03. The van der Waals surface area contributed by atoms with Crippen LogP contribution in [-0.2, 0) is 9.84 Å². The summed E-state index contributed by atoms with van der Waals surface area (Å²) >= 11 is 0. The van der Waals surface area contributed by atoms with E-state index in [1.807, 2.05) is 0 Å². The summed E-state index contributed by atoms with van der Waals surface area (Å²) in [5, 5.41) is 9.43. The van der Waals surface area contributed by atoms with Crippen molar-refractivity contribution in [2.24, 2.45) is 5.92 Å². The minimum absolute atomic E-state index is 0.330. The Hall–Kier alpha value is -0.870. The molecule has 0 radical (unpaired) electrons. The highest BCUT2D eigenvalue weighted by Crippen LogP contribution is 2.34. The molecule has 2 rings (SSSR count). The van der Waals surface area contributed by atoms with E-state index in [0.29, 0.717) is 23.7 Å². The maximum atomic E-state index is 12.6. The second-order valence-electron chi connectivity index (χ2n) is 5.43. The molecule has 0 bridgehead atoms. The molecule has 0 saturated heterocycles. The molecule has 1 aliphatic rings. The Morgan fingerprint density at radius 2 is 1.89 bits per heavy atom. The van der Waals surface area contributed by atoms with Gasteiger partial charge >= 0.3 is 0 Å². The van der Waals surface area contributed by atoms with E-state index in [2.05, 4.69) is 6.92 Å². The zero-order valence-corrected chi connectivity index (χ0v) is 12.1. The van der Waals surface area contributed by atoms with Crippen molar-refractivity contribution in [2.75, 3.05) is 0 Å². The van der Waals surface area contributed by atoms with E-state index in [1.165, 1.54) is 0 Å². The summed E-state index contributed by atoms with van der Waals surface area (Å²) in [6, 6.07) is 8.49. The van der Waals surface area contributed by atoms with Crippen molar-refractivity contribution in [2.45, 2.75) is 55.3 Å². The topological polar surface area (TPSA) is 54.4 Å². The molecule has 3 atom stereocenters. The van der Waals surface area contributed by atoms with Gasteiger partial charge in [-0.05, 0) is 37.3 Å². The van der Waals surface area contributed by atoms with E-state index in [4.69, 9.17) is 0 Å². The van der Waals surface area contributed by atoms with Gasteiger partial charge in [0.1, 0.15) is 0 Å². The van der Waals surface area contributed by atoms with Crippen molar-refractivity contribution < 1.29 is 13.5 Å². The van der Waals surface area contributed by atoms with Crippen LogP contribution in [0.25, 0.3) is 0 Å². The first-order chi connectivity index (χ1) is 9.05. The third kappa shape index (κ3) is 3.18. The molecule has 1 aromatic rings. The number of hydrogen-bond acceptors (Lipinski definition) is 3. The summed E-state index contributed by atoms with van der Waals surface area (Å²) < 4.78 is 25.2. The lowest BCUT2D eigenvalue weighted by molar-refractivity contribution is 0.109. The molecule has 1 fully saturated rings. The summed E-state index contributed by atoms with van der Waals surface area (Å²) in [7, 11) is -3.41. The van der Waals surface area contributed by atoms with Gasteiger partial charge in [0.05, 0.1) is 16.2 Å². The van der Waals surface area contributed by atoms with Gasteiger partial charge in [0.2, 0.25) is 0 Å². The summed E-state index contributed by atoms with van der Waals surface area (Å²) in [4.78, 5) is 0.330. The van der Waals surface area contributed by atoms with Crippen LogP contribution in [0.1, 0.15) is 39.0 Å². The average Bonchev–Trinajstić information content (AvgIpc) is 2.42. The van der Waals surface area contributed by atoms with Crippen molar-refractivity contribution in [1.82, 2.24) is 0 Å². The summed E-state index contributed by atoms with van der Waals surface area (Å²) in [5.74, 6) is 0.428. The molecule has 1 aliphatic carbocycles. The zero-order chi connectivity index (χ0) is 13.9. The van der Waals surface area contributed by atoms with Crippen molar-refractivity contribution in [3.63, 3.8) is 0 Å². The van der Waals surface area contributed by atoms with E-state index in [9.17, 15) is 13.5 Å². The van der Waals surface area contributed by atoms with Gasteiger partial charge in [-0.2, -0.15) is 0 Å². The molecule has 0 amide bonds. The molecule has 0 heterocycles. The van der Waals surface area contributed by atoms with Gasteiger partial charge in [0, 0.05) is 0 Å². The Labute approximate surface area is 115 Å². The molecule has 0 aliphatic heterocycles. The lowest BCUT2D eigenvalue weighted by Gasteiger charge is -2.32. The van der Waals surface area contributed by atoms with Crippen molar-refractivity contribution in [1.29, 1.82) is 0 Å². The Morgan fingerprint density at radius 3 is 2.53 bits per heavy atom. The van der Waals surface area contributed by atoms with Gasteiger partial charge in [0.15, 0.2) is 9.84 Å². The van der Waals surface area contributed by atoms with Crippen molar-refractivity contribution in [3.05, 3.63) is 30.3 Å². The Balaban J connectivity index is 2.23. The fourth-order valence-electron chi connectivity index (χ4n) is 2.98. The molecule has 0 aromatic heterocycles. The summed E-state index contributed by atoms with van der Waals surface area (Å²) in [6.45, 7) is 2.12. The second kappa shape index (κ2) is 6.06. The number of hydrogen-bond donors (Lipinski definition) is 1. The largest absolute Gasteiger partial charge is 0.392 e. The van der Waals surface area contributed by atoms with E-state index < -0.39 is 21.2 Å². The van der Waals surface area contributed by atoms with E-state index >= 15 is 0 Å². The number of rotatable bonds is 4. The van der Waals surface area contributed by atoms with Gasteiger partial charge < -0.3 is 5.11 Å². The van der Waals surface area contributed by atoms with E-state index in [1.54, 1.807) is 30.3 Å². The van der Waals surface area contributed by atoms with Crippen molar-refractivity contribution in [3.8, 4) is 0 Å². The molecular weight excluding hydrogens is 260 g/mol. The Kier molecular flexibility index (Phi) is 4.63. The van der Waals surface area contributed by atoms with Crippen LogP contribution in [0.3, 0.4) is 0 Å². The van der Waals surface area contributed by atoms with Crippen LogP contribution in [0.4, 0.5) is 0 Å². The van der Waals surface area contributed by atoms with Gasteiger partial charge in [0.25, 0.3) is 0 Å². The number of sulfone groups is 1. The van der Waals surface area contributed by atoms with Crippen LogP contribution < -0.4 is 0 Å². The van der Waals surface area contributed by atoms with Gasteiger partial charge in [-0.25, -0.2) is 8.42 Å². The molecule has 1 N–H and O–H groups in total. The quantitative estimate of drug-likeness (QED) is 0.924. The molecule has 106 valence electrons. The molecular formula is C15H22O3S. The number of aliphatic hydroxyl groups excluding tert-OH is 1. The predicted octanol–water partition coefficient (Wildman–Crippen LogP) is 2.79. The van der Waals surface area contributed by atoms with Gasteiger partial charge in [-0.15, -0.1) is 0 Å². The standard InChI is InChI=1S/C15H22O3S/c1-2-6-12-9-10-14(16)15(11-12)19(17,18)13-7-4-3-5-8-13/h3-5,7-8,12,14-16H,2,6,9-11H2,1H3. The summed E-state index contributed by atoms with van der Waals surface area (Å²) in [5.41, 5.74) is 0. The molecule has 0 spiro atoms. The highest BCUT2D eigenvalue weighted by atomic mass is 32.2. The smallest absolute Gasteiger partial charge is 0.183 e. The Morgan fingerprint density at radius 1 is 1.21 bits per heavy atom. The lowest BCUT2D eigenvalue weighted by atomic mass is 9.84. The summed E-state index contributed by atoms with van der Waals surface area (Å²) in [6.07, 6.45) is 3.52. The first kappa shape index (κ1) is 14.5. The minimum atomic E-state index is -3.41. The molecule has 3 nitrogen and oxygen atoms in total. The normalized spacial score (nSPS) is 28.2. The van der Waals surface area contributed by atoms with Crippen LogP contribution in [0.2, 0.25) is 0 Å². The highest BCUT2D eigenvalue weighted by Gasteiger charge is 2.38. The number of benzene rings is 1. The van der Waals surface area contributed by atoms with Gasteiger partial charge in [-0.3, -0.25) is 0 Å². The van der Waals surface area contributed by atoms with E-state index in [0.717, 1.165) is 19.3 Å². The fourth-order valence-corrected chi connectivity index (χ4v) is 4.95. The second-order valence-corrected chi connectivity index (χ2v) is 7.60.